The molecule has 0 fully saturated rings. The van der Waals surface area contributed by atoms with Crippen molar-refractivity contribution in [1.29, 1.82) is 0 Å². The molecule has 0 spiro atoms. The van der Waals surface area contributed by atoms with Crippen molar-refractivity contribution in [2.75, 3.05) is 5.32 Å². The van der Waals surface area contributed by atoms with Crippen LogP contribution in [0.4, 0.5) is 10.1 Å². The van der Waals surface area contributed by atoms with Crippen molar-refractivity contribution < 1.29 is 4.39 Å². The average molecular weight is 251 g/mol. The summed E-state index contributed by atoms with van der Waals surface area (Å²) in [7, 11) is 0. The lowest BCUT2D eigenvalue weighted by molar-refractivity contribution is 0.578. The van der Waals surface area contributed by atoms with E-state index < -0.39 is 0 Å². The summed E-state index contributed by atoms with van der Waals surface area (Å²) < 4.78 is 13.2. The van der Waals surface area contributed by atoms with Crippen LogP contribution in [-0.2, 0) is 0 Å². The molecule has 0 saturated carbocycles. The normalized spacial score (nSPS) is 12.4. The molecule has 1 nitrogen and oxygen atoms in total. The Hall–Kier alpha value is -1.05. The second-order valence-corrected chi connectivity index (χ2v) is 5.27. The topological polar surface area (TPSA) is 12.0 Å². The molecule has 0 bridgehead atoms. The van der Waals surface area contributed by atoms with Crippen LogP contribution in [-0.4, -0.2) is 6.04 Å². The molecule has 0 aromatic heterocycles. The summed E-state index contributed by atoms with van der Waals surface area (Å²) >= 11 is 0. The Morgan fingerprint density at radius 1 is 1.11 bits per heavy atom. The van der Waals surface area contributed by atoms with Gasteiger partial charge in [0.15, 0.2) is 0 Å². The highest BCUT2D eigenvalue weighted by Crippen LogP contribution is 2.16. The Kier molecular flexibility index (Phi) is 6.77. The van der Waals surface area contributed by atoms with E-state index in [0.29, 0.717) is 6.04 Å². The number of aryl methyl sites for hydroxylation is 1. The van der Waals surface area contributed by atoms with Gasteiger partial charge in [-0.15, -0.1) is 0 Å². The van der Waals surface area contributed by atoms with Crippen LogP contribution in [0, 0.1) is 12.7 Å². The minimum absolute atomic E-state index is 0.160. The Labute approximate surface area is 111 Å². The van der Waals surface area contributed by atoms with Gasteiger partial charge in [-0.25, -0.2) is 4.39 Å². The fraction of sp³-hybridized carbons (Fsp3) is 0.625. The van der Waals surface area contributed by atoms with Gasteiger partial charge in [0.1, 0.15) is 5.82 Å². The third-order valence-electron chi connectivity index (χ3n) is 3.20. The van der Waals surface area contributed by atoms with Crippen molar-refractivity contribution >= 4 is 5.69 Å². The van der Waals surface area contributed by atoms with Crippen LogP contribution in [0.3, 0.4) is 0 Å². The lowest BCUT2D eigenvalue weighted by Gasteiger charge is -2.15. The first-order chi connectivity index (χ1) is 8.61. The fourth-order valence-electron chi connectivity index (χ4n) is 2.23. The number of nitrogens with one attached hydrogen (secondary N) is 1. The predicted octanol–water partition coefficient (Wildman–Crippen LogP) is 5.30. The first kappa shape index (κ1) is 15.0. The van der Waals surface area contributed by atoms with E-state index in [1.807, 2.05) is 13.0 Å². The van der Waals surface area contributed by atoms with Crippen LogP contribution in [0.25, 0.3) is 0 Å². The number of anilines is 1. The molecule has 0 saturated heterocycles. The van der Waals surface area contributed by atoms with E-state index in [1.165, 1.54) is 32.1 Å². The smallest absolute Gasteiger partial charge is 0.125 e. The predicted molar refractivity (Wildman–Crippen MR) is 77.6 cm³/mol. The summed E-state index contributed by atoms with van der Waals surface area (Å²) in [6.45, 7) is 6.32. The van der Waals surface area contributed by atoms with Gasteiger partial charge < -0.3 is 5.32 Å². The van der Waals surface area contributed by atoms with Crippen LogP contribution in [0.15, 0.2) is 18.2 Å². The van der Waals surface area contributed by atoms with Crippen molar-refractivity contribution in [3.63, 3.8) is 0 Å². The van der Waals surface area contributed by atoms with Gasteiger partial charge >= 0.3 is 0 Å². The average Bonchev–Trinajstić information content (AvgIpc) is 2.27. The van der Waals surface area contributed by atoms with Gasteiger partial charge in [0, 0.05) is 11.7 Å². The summed E-state index contributed by atoms with van der Waals surface area (Å²) in [5.74, 6) is -0.160. The fourth-order valence-corrected chi connectivity index (χ4v) is 2.23. The summed E-state index contributed by atoms with van der Waals surface area (Å²) in [6, 6.07) is 5.53. The van der Waals surface area contributed by atoms with Crippen molar-refractivity contribution in [3.05, 3.63) is 29.6 Å². The van der Waals surface area contributed by atoms with Gasteiger partial charge in [-0.05, 0) is 44.0 Å². The maximum absolute atomic E-state index is 13.2. The largest absolute Gasteiger partial charge is 0.383 e. The molecule has 0 aliphatic rings. The van der Waals surface area contributed by atoms with Crippen LogP contribution >= 0.6 is 0 Å². The minimum Gasteiger partial charge on any atom is -0.383 e. The molecule has 1 aromatic rings. The zero-order chi connectivity index (χ0) is 13.4. The van der Waals surface area contributed by atoms with Gasteiger partial charge in [0.05, 0.1) is 0 Å². The quantitative estimate of drug-likeness (QED) is 0.619. The van der Waals surface area contributed by atoms with Gasteiger partial charge in [-0.3, -0.25) is 0 Å². The van der Waals surface area contributed by atoms with Crippen molar-refractivity contribution in [2.24, 2.45) is 0 Å². The number of rotatable bonds is 8. The molecule has 1 rings (SSSR count). The van der Waals surface area contributed by atoms with Gasteiger partial charge in [0.2, 0.25) is 0 Å². The number of hydrogen-bond donors (Lipinski definition) is 1. The molecule has 0 radical (unpaired) electrons. The Morgan fingerprint density at radius 2 is 1.83 bits per heavy atom. The van der Waals surface area contributed by atoms with Gasteiger partial charge in [-0.2, -0.15) is 0 Å². The molecule has 0 amide bonds. The summed E-state index contributed by atoms with van der Waals surface area (Å²) in [6.07, 6.45) is 7.67. The van der Waals surface area contributed by atoms with Crippen molar-refractivity contribution in [3.8, 4) is 0 Å². The van der Waals surface area contributed by atoms with Crippen LogP contribution in [0.1, 0.15) is 57.9 Å². The molecule has 2 heteroatoms. The standard InChI is InChI=1S/C16H26FN/c1-4-5-6-7-8-9-14(3)18-16-11-13(2)10-15(17)12-16/h10-12,14,18H,4-9H2,1-3H3. The lowest BCUT2D eigenvalue weighted by atomic mass is 10.1. The third kappa shape index (κ3) is 6.04. The Morgan fingerprint density at radius 3 is 2.50 bits per heavy atom. The van der Waals surface area contributed by atoms with Crippen LogP contribution < -0.4 is 5.32 Å². The van der Waals surface area contributed by atoms with E-state index in [1.54, 1.807) is 12.1 Å². The SMILES string of the molecule is CCCCCCCC(C)Nc1cc(C)cc(F)c1. The summed E-state index contributed by atoms with van der Waals surface area (Å²) in [4.78, 5) is 0. The molecular weight excluding hydrogens is 225 g/mol. The first-order valence-corrected chi connectivity index (χ1v) is 7.15. The number of hydrogen-bond acceptors (Lipinski definition) is 1. The number of halogens is 1. The number of benzene rings is 1. The molecule has 0 aliphatic heterocycles. The zero-order valence-corrected chi connectivity index (χ0v) is 11.9. The van der Waals surface area contributed by atoms with E-state index in [9.17, 15) is 4.39 Å². The lowest BCUT2D eigenvalue weighted by Crippen LogP contribution is -2.15. The summed E-state index contributed by atoms with van der Waals surface area (Å²) in [5, 5.41) is 3.37. The van der Waals surface area contributed by atoms with Crippen molar-refractivity contribution in [1.82, 2.24) is 0 Å². The molecule has 1 unspecified atom stereocenters. The molecule has 102 valence electrons. The second-order valence-electron chi connectivity index (χ2n) is 5.27. The van der Waals surface area contributed by atoms with E-state index in [0.717, 1.165) is 17.7 Å². The molecule has 0 heterocycles. The van der Waals surface area contributed by atoms with E-state index in [4.69, 9.17) is 0 Å². The van der Waals surface area contributed by atoms with Crippen molar-refractivity contribution in [2.45, 2.75) is 65.3 Å². The first-order valence-electron chi connectivity index (χ1n) is 7.15. The highest BCUT2D eigenvalue weighted by Gasteiger charge is 2.03. The molecule has 18 heavy (non-hydrogen) atoms. The summed E-state index contributed by atoms with van der Waals surface area (Å²) in [5.41, 5.74) is 1.86. The minimum atomic E-state index is -0.160. The van der Waals surface area contributed by atoms with E-state index in [-0.39, 0.29) is 5.82 Å². The van der Waals surface area contributed by atoms with Crippen LogP contribution in [0.5, 0.6) is 0 Å². The molecule has 1 atom stereocenters. The van der Waals surface area contributed by atoms with Gasteiger partial charge in [0.25, 0.3) is 0 Å². The third-order valence-corrected chi connectivity index (χ3v) is 3.20. The maximum atomic E-state index is 13.2. The Balaban J connectivity index is 2.28. The van der Waals surface area contributed by atoms with Gasteiger partial charge in [-0.1, -0.05) is 39.0 Å². The molecule has 1 aromatic carbocycles. The van der Waals surface area contributed by atoms with E-state index >= 15 is 0 Å². The Bertz CT molecular complexity index is 329. The monoisotopic (exact) mass is 251 g/mol. The highest BCUT2D eigenvalue weighted by molar-refractivity contribution is 5.46. The molecule has 1 N–H and O–H groups in total. The zero-order valence-electron chi connectivity index (χ0n) is 11.9. The molecule has 0 aliphatic carbocycles. The highest BCUT2D eigenvalue weighted by atomic mass is 19.1. The maximum Gasteiger partial charge on any atom is 0.125 e. The second kappa shape index (κ2) is 8.12. The van der Waals surface area contributed by atoms with E-state index in [2.05, 4.69) is 19.2 Å². The molecular formula is C16H26FN. The van der Waals surface area contributed by atoms with Crippen LogP contribution in [0.2, 0.25) is 0 Å². The number of unbranched alkanes of at least 4 members (excludes halogenated alkanes) is 4.